The number of esters is 3. The molecule has 0 spiro atoms. The molecule has 0 amide bonds. The van der Waals surface area contributed by atoms with Gasteiger partial charge in [0.2, 0.25) is 10.0 Å². The normalized spacial score (nSPS) is 26.0. The summed E-state index contributed by atoms with van der Waals surface area (Å²) in [4.78, 5) is 34.5. The third-order valence-corrected chi connectivity index (χ3v) is 5.92. The zero-order valence-electron chi connectivity index (χ0n) is 17.1. The maximum Gasteiger partial charge on any atom is 0.303 e. The highest BCUT2D eigenvalue weighted by Crippen LogP contribution is 2.29. The Labute approximate surface area is 185 Å². The molecule has 0 radical (unpaired) electrons. The fraction of sp³-hybridized carbons (Fsp3) is 0.526. The van der Waals surface area contributed by atoms with Gasteiger partial charge in [0.15, 0.2) is 17.8 Å². The molecule has 2 rings (SSSR count). The van der Waals surface area contributed by atoms with Crippen LogP contribution in [-0.2, 0) is 49.1 Å². The SMILES string of the molecule is CC(=O)OC[C@H]1O[C@@H](Cl)[C@@H](NS(=O)(=O)Cc2ccccc2)[C@@H](OC(C)=O)[C@@H]1OC(C)=O. The van der Waals surface area contributed by atoms with Gasteiger partial charge in [0.05, 0.1) is 5.75 Å². The minimum absolute atomic E-state index is 0.349. The minimum atomic E-state index is -3.96. The molecule has 1 heterocycles. The van der Waals surface area contributed by atoms with Gasteiger partial charge >= 0.3 is 17.9 Å². The van der Waals surface area contributed by atoms with E-state index in [1.807, 2.05) is 0 Å². The summed E-state index contributed by atoms with van der Waals surface area (Å²) in [6.45, 7) is 3.05. The summed E-state index contributed by atoms with van der Waals surface area (Å²) in [7, 11) is -3.96. The van der Waals surface area contributed by atoms with Gasteiger partial charge < -0.3 is 18.9 Å². The average molecular weight is 478 g/mol. The Morgan fingerprint density at radius 1 is 1.00 bits per heavy atom. The number of benzene rings is 1. The number of nitrogens with one attached hydrogen (secondary N) is 1. The van der Waals surface area contributed by atoms with E-state index in [4.69, 9.17) is 30.5 Å². The molecule has 1 fully saturated rings. The lowest BCUT2D eigenvalue weighted by atomic mass is 9.98. The van der Waals surface area contributed by atoms with Crippen LogP contribution < -0.4 is 4.72 Å². The van der Waals surface area contributed by atoms with Crippen LogP contribution in [0.2, 0.25) is 0 Å². The van der Waals surface area contributed by atoms with E-state index in [9.17, 15) is 22.8 Å². The molecule has 10 nitrogen and oxygen atoms in total. The zero-order chi connectivity index (χ0) is 23.2. The van der Waals surface area contributed by atoms with Crippen molar-refractivity contribution in [3.05, 3.63) is 35.9 Å². The summed E-state index contributed by atoms with van der Waals surface area (Å²) in [5.41, 5.74) is -0.798. The lowest BCUT2D eigenvalue weighted by Crippen LogP contribution is -2.65. The number of ether oxygens (including phenoxy) is 4. The number of halogens is 1. The fourth-order valence-corrected chi connectivity index (χ4v) is 4.86. The number of alkyl halides is 1. The predicted octanol–water partition coefficient (Wildman–Crippen LogP) is 0.865. The quantitative estimate of drug-likeness (QED) is 0.328. The number of carbonyl (C=O) groups is 3. The van der Waals surface area contributed by atoms with Crippen molar-refractivity contribution in [1.29, 1.82) is 0 Å². The number of hydrogen-bond donors (Lipinski definition) is 1. The van der Waals surface area contributed by atoms with Crippen LogP contribution in [0, 0.1) is 0 Å². The second-order valence-electron chi connectivity index (χ2n) is 6.86. The second-order valence-corrected chi connectivity index (χ2v) is 9.05. The van der Waals surface area contributed by atoms with Gasteiger partial charge in [0, 0.05) is 20.8 Å². The molecule has 1 N–H and O–H groups in total. The first-order valence-electron chi connectivity index (χ1n) is 9.30. The minimum Gasteiger partial charge on any atom is -0.463 e. The molecule has 1 saturated heterocycles. The first-order valence-corrected chi connectivity index (χ1v) is 11.4. The van der Waals surface area contributed by atoms with Crippen LogP contribution in [0.4, 0.5) is 0 Å². The highest BCUT2D eigenvalue weighted by atomic mass is 35.5. The third-order valence-electron chi connectivity index (χ3n) is 4.20. The van der Waals surface area contributed by atoms with Gasteiger partial charge in [-0.15, -0.1) is 0 Å². The van der Waals surface area contributed by atoms with E-state index < -0.39 is 57.8 Å². The van der Waals surface area contributed by atoms with Gasteiger partial charge in [-0.1, -0.05) is 41.9 Å². The van der Waals surface area contributed by atoms with Crippen LogP contribution in [-0.4, -0.2) is 62.8 Å². The van der Waals surface area contributed by atoms with Crippen LogP contribution in [0.1, 0.15) is 26.3 Å². The second kappa shape index (κ2) is 10.9. The molecule has 31 heavy (non-hydrogen) atoms. The van der Waals surface area contributed by atoms with Gasteiger partial charge in [0.1, 0.15) is 18.8 Å². The highest BCUT2D eigenvalue weighted by Gasteiger charge is 2.51. The topological polar surface area (TPSA) is 134 Å². The van der Waals surface area contributed by atoms with E-state index in [1.165, 1.54) is 6.92 Å². The number of hydrogen-bond acceptors (Lipinski definition) is 9. The maximum absolute atomic E-state index is 12.7. The van der Waals surface area contributed by atoms with E-state index in [0.29, 0.717) is 5.56 Å². The van der Waals surface area contributed by atoms with Gasteiger partial charge in [-0.05, 0) is 5.56 Å². The Morgan fingerprint density at radius 2 is 1.58 bits per heavy atom. The average Bonchev–Trinajstić information content (AvgIpc) is 2.65. The van der Waals surface area contributed by atoms with Crippen molar-refractivity contribution >= 4 is 39.5 Å². The summed E-state index contributed by atoms with van der Waals surface area (Å²) in [5.74, 6) is -2.48. The smallest absolute Gasteiger partial charge is 0.303 e. The predicted molar refractivity (Wildman–Crippen MR) is 108 cm³/mol. The summed E-state index contributed by atoms with van der Waals surface area (Å²) < 4.78 is 48.8. The van der Waals surface area contributed by atoms with Crippen LogP contribution >= 0.6 is 11.6 Å². The molecule has 1 aliphatic rings. The maximum atomic E-state index is 12.7. The van der Waals surface area contributed by atoms with Gasteiger partial charge in [0.25, 0.3) is 0 Å². The molecule has 0 unspecified atom stereocenters. The van der Waals surface area contributed by atoms with Crippen LogP contribution in [0.25, 0.3) is 0 Å². The van der Waals surface area contributed by atoms with Gasteiger partial charge in [-0.3, -0.25) is 14.4 Å². The molecule has 0 bridgehead atoms. The summed E-state index contributed by atoms with van der Waals surface area (Å²) in [6, 6.07) is 7.12. The van der Waals surface area contributed by atoms with Crippen molar-refractivity contribution in [3.63, 3.8) is 0 Å². The zero-order valence-corrected chi connectivity index (χ0v) is 18.7. The Morgan fingerprint density at radius 3 is 2.13 bits per heavy atom. The highest BCUT2D eigenvalue weighted by molar-refractivity contribution is 7.88. The van der Waals surface area contributed by atoms with Crippen molar-refractivity contribution in [2.75, 3.05) is 6.61 Å². The molecule has 0 aromatic heterocycles. The van der Waals surface area contributed by atoms with Crippen LogP contribution in [0.15, 0.2) is 30.3 Å². The van der Waals surface area contributed by atoms with E-state index in [2.05, 4.69) is 4.72 Å². The lowest BCUT2D eigenvalue weighted by molar-refractivity contribution is -0.211. The number of carbonyl (C=O) groups excluding carboxylic acids is 3. The first kappa shape index (κ1) is 25.1. The van der Waals surface area contributed by atoms with Crippen LogP contribution in [0.3, 0.4) is 0 Å². The Bertz CT molecular complexity index is 893. The molecule has 172 valence electrons. The van der Waals surface area contributed by atoms with Crippen molar-refractivity contribution in [3.8, 4) is 0 Å². The summed E-state index contributed by atoms with van der Waals surface area (Å²) >= 11 is 6.26. The van der Waals surface area contributed by atoms with Crippen molar-refractivity contribution in [2.45, 2.75) is 56.4 Å². The molecule has 1 aromatic carbocycles. The standard InChI is InChI=1S/C19H24ClNO9S/c1-11(22)27-9-15-17(28-12(2)23)18(29-13(3)24)16(19(20)30-15)21-31(25,26)10-14-7-5-4-6-8-14/h4-8,15-19,21H,9-10H2,1-3H3/t15-,16+,17-,18-,19-/m1/s1. The molecule has 1 aliphatic heterocycles. The monoisotopic (exact) mass is 477 g/mol. The molecule has 0 aliphatic carbocycles. The van der Waals surface area contributed by atoms with E-state index >= 15 is 0 Å². The first-order chi connectivity index (χ1) is 14.5. The van der Waals surface area contributed by atoms with Crippen molar-refractivity contribution < 1.29 is 41.7 Å². The molecule has 12 heteroatoms. The third kappa shape index (κ3) is 7.76. The van der Waals surface area contributed by atoms with E-state index in [1.54, 1.807) is 30.3 Å². The van der Waals surface area contributed by atoms with Gasteiger partial charge in [-0.25, -0.2) is 13.1 Å². The number of sulfonamides is 1. The number of rotatable bonds is 8. The van der Waals surface area contributed by atoms with Crippen molar-refractivity contribution in [2.24, 2.45) is 0 Å². The Kier molecular flexibility index (Phi) is 8.80. The molecule has 5 atom stereocenters. The molecular formula is C19H24ClNO9S. The molecule has 1 aromatic rings. The van der Waals surface area contributed by atoms with E-state index in [0.717, 1.165) is 13.8 Å². The fourth-order valence-electron chi connectivity index (χ4n) is 3.06. The molecular weight excluding hydrogens is 454 g/mol. The van der Waals surface area contributed by atoms with Crippen LogP contribution in [0.5, 0.6) is 0 Å². The van der Waals surface area contributed by atoms with E-state index in [-0.39, 0.29) is 12.4 Å². The van der Waals surface area contributed by atoms with Crippen molar-refractivity contribution in [1.82, 2.24) is 4.72 Å². The molecule has 0 saturated carbocycles. The Hall–Kier alpha value is -2.21. The largest absolute Gasteiger partial charge is 0.463 e. The summed E-state index contributed by atoms with van der Waals surface area (Å²) in [5, 5.41) is 0. The lowest BCUT2D eigenvalue weighted by Gasteiger charge is -2.43. The Balaban J connectivity index is 2.31. The van der Waals surface area contributed by atoms with Gasteiger partial charge in [-0.2, -0.15) is 0 Å². The summed E-state index contributed by atoms with van der Waals surface area (Å²) in [6.07, 6.45) is -3.70.